The van der Waals surface area contributed by atoms with Crippen molar-refractivity contribution in [2.45, 2.75) is 77.0 Å². The van der Waals surface area contributed by atoms with Gasteiger partial charge in [0.25, 0.3) is 0 Å². The minimum absolute atomic E-state index is 0.309. The zero-order chi connectivity index (χ0) is 15.1. The predicted octanol–water partition coefficient (Wildman–Crippen LogP) is 5.29. The summed E-state index contributed by atoms with van der Waals surface area (Å²) >= 11 is 6.51. The first kappa shape index (κ1) is 17.1. The van der Waals surface area contributed by atoms with Crippen molar-refractivity contribution >= 4 is 11.6 Å². The number of hydroxylamine groups is 1. The molecule has 2 nitrogen and oxygen atoms in total. The van der Waals surface area contributed by atoms with Gasteiger partial charge in [-0.1, -0.05) is 24.5 Å². The van der Waals surface area contributed by atoms with Crippen molar-refractivity contribution in [2.24, 2.45) is 0 Å². The summed E-state index contributed by atoms with van der Waals surface area (Å²) in [6.45, 7) is 6.29. The van der Waals surface area contributed by atoms with E-state index in [1.165, 1.54) is 32.1 Å². The highest BCUT2D eigenvalue weighted by Gasteiger charge is 2.19. The molecule has 2 aliphatic rings. The van der Waals surface area contributed by atoms with Crippen molar-refractivity contribution < 1.29 is 4.84 Å². The third-order valence-corrected chi connectivity index (χ3v) is 5.14. The van der Waals surface area contributed by atoms with Crippen molar-refractivity contribution in [1.29, 1.82) is 0 Å². The lowest BCUT2D eigenvalue weighted by Crippen LogP contribution is -2.12. The maximum absolute atomic E-state index is 6.51. The minimum Gasteiger partial charge on any atom is -0.301 e. The van der Waals surface area contributed by atoms with Crippen LogP contribution in [0.3, 0.4) is 0 Å². The Labute approximate surface area is 134 Å². The van der Waals surface area contributed by atoms with Crippen LogP contribution in [-0.4, -0.2) is 18.5 Å². The second-order valence-electron chi connectivity index (χ2n) is 6.35. The van der Waals surface area contributed by atoms with Crippen LogP contribution in [0.1, 0.15) is 71.6 Å². The third-order valence-electron chi connectivity index (χ3n) is 4.77. The number of alkyl halides is 1. The molecule has 1 saturated heterocycles. The van der Waals surface area contributed by atoms with Crippen LogP contribution in [0.4, 0.5) is 0 Å². The van der Waals surface area contributed by atoms with Gasteiger partial charge < -0.3 is 4.84 Å². The van der Waals surface area contributed by atoms with Crippen LogP contribution in [0.2, 0.25) is 0 Å². The van der Waals surface area contributed by atoms with E-state index in [1.54, 1.807) is 22.3 Å². The molecule has 1 aliphatic heterocycles. The lowest BCUT2D eigenvalue weighted by Gasteiger charge is -2.17. The molecule has 0 radical (unpaired) electrons. The van der Waals surface area contributed by atoms with Crippen molar-refractivity contribution in [3.05, 3.63) is 22.3 Å². The normalized spacial score (nSPS) is 26.4. The van der Waals surface area contributed by atoms with Gasteiger partial charge in [0.15, 0.2) is 0 Å². The number of allylic oxidation sites excluding steroid dienone is 3. The summed E-state index contributed by atoms with van der Waals surface area (Å²) in [5.41, 5.74) is 9.43. The van der Waals surface area contributed by atoms with Gasteiger partial charge in [-0.3, -0.25) is 0 Å². The van der Waals surface area contributed by atoms with Gasteiger partial charge in [0.2, 0.25) is 0 Å². The minimum atomic E-state index is 0.309. The smallest absolute Gasteiger partial charge is 0.0719 e. The maximum atomic E-state index is 6.51. The zero-order valence-electron chi connectivity index (χ0n) is 13.6. The first-order chi connectivity index (χ1) is 10.2. The average Bonchev–Trinajstić information content (AvgIpc) is 2.82. The summed E-state index contributed by atoms with van der Waals surface area (Å²) in [6, 6.07) is 0. The summed E-state index contributed by atoms with van der Waals surface area (Å²) in [5.74, 6) is 0. The Balaban J connectivity index is 2.20. The molecular formula is C18H30ClNO. The van der Waals surface area contributed by atoms with Crippen LogP contribution in [-0.2, 0) is 4.84 Å². The third kappa shape index (κ3) is 5.12. The Kier molecular flexibility index (Phi) is 7.28. The quantitative estimate of drug-likeness (QED) is 0.713. The molecule has 0 amide bonds. The molecule has 1 heterocycles. The molecule has 0 aromatic heterocycles. The van der Waals surface area contributed by atoms with Gasteiger partial charge in [-0.15, -0.1) is 11.6 Å². The summed E-state index contributed by atoms with van der Waals surface area (Å²) in [7, 11) is 0. The second-order valence-corrected chi connectivity index (χ2v) is 6.97. The number of hydrogen-bond donors (Lipinski definition) is 1. The van der Waals surface area contributed by atoms with Crippen LogP contribution in [0, 0.1) is 0 Å². The lowest BCUT2D eigenvalue weighted by molar-refractivity contribution is 0.0533. The van der Waals surface area contributed by atoms with Crippen molar-refractivity contribution in [2.75, 3.05) is 13.2 Å². The Morgan fingerprint density at radius 1 is 1.19 bits per heavy atom. The topological polar surface area (TPSA) is 21.3 Å². The molecule has 1 fully saturated rings. The van der Waals surface area contributed by atoms with Gasteiger partial charge in [0.1, 0.15) is 0 Å². The summed E-state index contributed by atoms with van der Waals surface area (Å²) in [5, 5.41) is 0.309. The molecule has 0 spiro atoms. The zero-order valence-corrected chi connectivity index (χ0v) is 14.4. The van der Waals surface area contributed by atoms with E-state index in [1.807, 2.05) is 0 Å². The standard InChI is InChI=1S/C18H30ClNO/c1-3-6-17(19)13-16-7-4-5-8-18(14(16)2)15-9-11-20-21-12-10-15/h17,20H,3-13H2,1-2H3/b18-15+. The van der Waals surface area contributed by atoms with Gasteiger partial charge in [0, 0.05) is 11.9 Å². The van der Waals surface area contributed by atoms with E-state index in [2.05, 4.69) is 19.3 Å². The first-order valence-electron chi connectivity index (χ1n) is 8.61. The maximum Gasteiger partial charge on any atom is 0.0719 e. The highest BCUT2D eigenvalue weighted by atomic mass is 35.5. The fourth-order valence-electron chi connectivity index (χ4n) is 3.56. The summed E-state index contributed by atoms with van der Waals surface area (Å²) in [4.78, 5) is 5.38. The molecule has 1 unspecified atom stereocenters. The number of hydrogen-bond acceptors (Lipinski definition) is 2. The lowest BCUT2D eigenvalue weighted by atomic mass is 9.90. The molecule has 1 atom stereocenters. The number of rotatable bonds is 4. The van der Waals surface area contributed by atoms with E-state index in [9.17, 15) is 0 Å². The van der Waals surface area contributed by atoms with E-state index < -0.39 is 0 Å². The highest BCUT2D eigenvalue weighted by molar-refractivity contribution is 6.20. The SMILES string of the molecule is CCCC(Cl)CC1=C(C)/C(=C2\CCNOCC2)CCCC1. The van der Waals surface area contributed by atoms with Crippen LogP contribution in [0.5, 0.6) is 0 Å². The average molecular weight is 312 g/mol. The van der Waals surface area contributed by atoms with E-state index >= 15 is 0 Å². The van der Waals surface area contributed by atoms with Crippen LogP contribution in [0.25, 0.3) is 0 Å². The summed E-state index contributed by atoms with van der Waals surface area (Å²) < 4.78 is 0. The Morgan fingerprint density at radius 3 is 2.81 bits per heavy atom. The Morgan fingerprint density at radius 2 is 2.00 bits per heavy atom. The molecule has 0 aromatic rings. The Bertz CT molecular complexity index is 390. The van der Waals surface area contributed by atoms with E-state index in [0.29, 0.717) is 5.38 Å². The number of nitrogens with one attached hydrogen (secondary N) is 1. The van der Waals surface area contributed by atoms with Crippen LogP contribution < -0.4 is 5.48 Å². The van der Waals surface area contributed by atoms with Gasteiger partial charge in [-0.25, -0.2) is 5.48 Å². The van der Waals surface area contributed by atoms with Crippen LogP contribution in [0.15, 0.2) is 22.3 Å². The predicted molar refractivity (Wildman–Crippen MR) is 90.5 cm³/mol. The van der Waals surface area contributed by atoms with Gasteiger partial charge in [-0.05, 0) is 69.4 Å². The molecule has 21 heavy (non-hydrogen) atoms. The van der Waals surface area contributed by atoms with E-state index in [-0.39, 0.29) is 0 Å². The first-order valence-corrected chi connectivity index (χ1v) is 9.04. The van der Waals surface area contributed by atoms with Gasteiger partial charge >= 0.3 is 0 Å². The van der Waals surface area contributed by atoms with Crippen molar-refractivity contribution in [3.63, 3.8) is 0 Å². The summed E-state index contributed by atoms with van der Waals surface area (Å²) in [6.07, 6.45) is 10.7. The fraction of sp³-hybridized carbons (Fsp3) is 0.778. The van der Waals surface area contributed by atoms with Crippen LogP contribution >= 0.6 is 11.6 Å². The number of halogens is 1. The molecule has 120 valence electrons. The molecular weight excluding hydrogens is 282 g/mol. The molecule has 0 aromatic carbocycles. The van der Waals surface area contributed by atoms with Gasteiger partial charge in [-0.2, -0.15) is 0 Å². The van der Waals surface area contributed by atoms with Gasteiger partial charge in [0.05, 0.1) is 6.61 Å². The van der Waals surface area contributed by atoms with Crippen molar-refractivity contribution in [3.8, 4) is 0 Å². The largest absolute Gasteiger partial charge is 0.301 e. The molecule has 1 N–H and O–H groups in total. The van der Waals surface area contributed by atoms with E-state index in [0.717, 1.165) is 38.8 Å². The molecule has 0 bridgehead atoms. The molecule has 0 saturated carbocycles. The monoisotopic (exact) mass is 311 g/mol. The highest BCUT2D eigenvalue weighted by Crippen LogP contribution is 2.35. The molecule has 3 heteroatoms. The van der Waals surface area contributed by atoms with Crippen molar-refractivity contribution in [1.82, 2.24) is 5.48 Å². The second kappa shape index (κ2) is 8.97. The molecule has 2 rings (SSSR count). The molecule has 1 aliphatic carbocycles. The fourth-order valence-corrected chi connectivity index (χ4v) is 3.96. The van der Waals surface area contributed by atoms with E-state index in [4.69, 9.17) is 16.4 Å². The Hall–Kier alpha value is -0.310.